The minimum atomic E-state index is -0.434. The quantitative estimate of drug-likeness (QED) is 0.886. The number of piperazine rings is 1. The highest BCUT2D eigenvalue weighted by Crippen LogP contribution is 2.33. The van der Waals surface area contributed by atoms with Gasteiger partial charge in [0.15, 0.2) is 0 Å². The van der Waals surface area contributed by atoms with Gasteiger partial charge in [0.1, 0.15) is 11.6 Å². The molecule has 0 spiro atoms. The van der Waals surface area contributed by atoms with E-state index in [1.807, 2.05) is 0 Å². The van der Waals surface area contributed by atoms with Gasteiger partial charge in [0.2, 0.25) is 0 Å². The number of hydrogen-bond donors (Lipinski definition) is 1. The molecule has 1 aliphatic heterocycles. The molecule has 1 heterocycles. The molecule has 18 heavy (non-hydrogen) atoms. The Kier molecular flexibility index (Phi) is 3.31. The standard InChI is InChI=1S/C14H18F2N2/c15-12-2-1-3-13(16)11(12)8-18-7-6-17-14(9-18)10-4-5-10/h1-3,10,14,17H,4-9H2. The van der Waals surface area contributed by atoms with Crippen LogP contribution >= 0.6 is 0 Å². The van der Waals surface area contributed by atoms with Gasteiger partial charge in [0.25, 0.3) is 0 Å². The van der Waals surface area contributed by atoms with E-state index in [9.17, 15) is 8.78 Å². The minimum absolute atomic E-state index is 0.203. The van der Waals surface area contributed by atoms with Crippen LogP contribution in [-0.4, -0.2) is 30.6 Å². The molecule has 1 saturated carbocycles. The Bertz CT molecular complexity index is 412. The highest BCUT2D eigenvalue weighted by molar-refractivity contribution is 5.19. The zero-order valence-electron chi connectivity index (χ0n) is 10.3. The summed E-state index contributed by atoms with van der Waals surface area (Å²) in [6, 6.07) is 4.59. The lowest BCUT2D eigenvalue weighted by Crippen LogP contribution is -2.51. The third-order valence-corrected chi connectivity index (χ3v) is 3.92. The molecule has 2 nitrogen and oxygen atoms in total. The molecule has 98 valence electrons. The lowest BCUT2D eigenvalue weighted by Gasteiger charge is -2.34. The monoisotopic (exact) mass is 252 g/mol. The van der Waals surface area contributed by atoms with Crippen LogP contribution in [0.4, 0.5) is 8.78 Å². The SMILES string of the molecule is Fc1cccc(F)c1CN1CCNC(C2CC2)C1. The molecule has 0 bridgehead atoms. The van der Waals surface area contributed by atoms with Crippen molar-refractivity contribution in [2.75, 3.05) is 19.6 Å². The number of nitrogens with zero attached hydrogens (tertiary/aromatic N) is 1. The van der Waals surface area contributed by atoms with Crippen LogP contribution < -0.4 is 5.32 Å². The summed E-state index contributed by atoms with van der Waals surface area (Å²) in [6.07, 6.45) is 2.58. The Morgan fingerprint density at radius 1 is 1.22 bits per heavy atom. The van der Waals surface area contributed by atoms with Crippen LogP contribution in [0.25, 0.3) is 0 Å². The van der Waals surface area contributed by atoms with Crippen molar-refractivity contribution < 1.29 is 8.78 Å². The average molecular weight is 252 g/mol. The lowest BCUT2D eigenvalue weighted by atomic mass is 10.1. The van der Waals surface area contributed by atoms with Crippen LogP contribution in [0.1, 0.15) is 18.4 Å². The molecule has 3 rings (SSSR count). The molecular weight excluding hydrogens is 234 g/mol. The molecular formula is C14H18F2N2. The van der Waals surface area contributed by atoms with Crippen molar-refractivity contribution in [2.24, 2.45) is 5.92 Å². The van der Waals surface area contributed by atoms with E-state index in [1.165, 1.54) is 31.0 Å². The van der Waals surface area contributed by atoms with Crippen LogP contribution in [0, 0.1) is 17.6 Å². The van der Waals surface area contributed by atoms with E-state index in [0.717, 1.165) is 25.6 Å². The van der Waals surface area contributed by atoms with Gasteiger partial charge in [-0.1, -0.05) is 6.07 Å². The van der Waals surface area contributed by atoms with Crippen LogP contribution in [0.5, 0.6) is 0 Å². The molecule has 1 atom stereocenters. The summed E-state index contributed by atoms with van der Waals surface area (Å²) in [7, 11) is 0. The number of rotatable bonds is 3. The Morgan fingerprint density at radius 2 is 1.94 bits per heavy atom. The van der Waals surface area contributed by atoms with Crippen molar-refractivity contribution in [1.82, 2.24) is 10.2 Å². The van der Waals surface area contributed by atoms with Crippen molar-refractivity contribution in [3.05, 3.63) is 35.4 Å². The second-order valence-corrected chi connectivity index (χ2v) is 5.33. The van der Waals surface area contributed by atoms with Crippen LogP contribution in [0.15, 0.2) is 18.2 Å². The maximum atomic E-state index is 13.6. The van der Waals surface area contributed by atoms with Crippen molar-refractivity contribution in [1.29, 1.82) is 0 Å². The van der Waals surface area contributed by atoms with Gasteiger partial charge in [0, 0.05) is 37.8 Å². The third kappa shape index (κ3) is 2.54. The molecule has 1 saturated heterocycles. The first-order chi connectivity index (χ1) is 8.74. The molecule has 4 heteroatoms. The summed E-state index contributed by atoms with van der Waals surface area (Å²) in [5.74, 6) is -0.0914. The summed E-state index contributed by atoms with van der Waals surface area (Å²) >= 11 is 0. The second kappa shape index (κ2) is 4.94. The fraction of sp³-hybridized carbons (Fsp3) is 0.571. The summed E-state index contributed by atoms with van der Waals surface area (Å²) in [6.45, 7) is 3.05. The molecule has 2 fully saturated rings. The summed E-state index contributed by atoms with van der Waals surface area (Å²) in [5, 5.41) is 3.50. The predicted molar refractivity (Wildman–Crippen MR) is 66.1 cm³/mol. The Balaban J connectivity index is 1.68. The number of nitrogens with one attached hydrogen (secondary N) is 1. The fourth-order valence-electron chi connectivity index (χ4n) is 2.71. The van der Waals surface area contributed by atoms with Crippen molar-refractivity contribution >= 4 is 0 Å². The largest absolute Gasteiger partial charge is 0.311 e. The van der Waals surface area contributed by atoms with Gasteiger partial charge in [-0.3, -0.25) is 4.90 Å². The molecule has 2 aliphatic rings. The van der Waals surface area contributed by atoms with E-state index in [-0.39, 0.29) is 5.56 Å². The number of hydrogen-bond acceptors (Lipinski definition) is 2. The molecule has 1 aromatic rings. The van der Waals surface area contributed by atoms with Gasteiger partial charge in [-0.15, -0.1) is 0 Å². The minimum Gasteiger partial charge on any atom is -0.311 e. The lowest BCUT2D eigenvalue weighted by molar-refractivity contribution is 0.178. The highest BCUT2D eigenvalue weighted by Gasteiger charge is 2.34. The fourth-order valence-corrected chi connectivity index (χ4v) is 2.71. The van der Waals surface area contributed by atoms with Gasteiger partial charge < -0.3 is 5.32 Å². The first-order valence-corrected chi connectivity index (χ1v) is 6.62. The van der Waals surface area contributed by atoms with Crippen LogP contribution in [-0.2, 0) is 6.54 Å². The zero-order chi connectivity index (χ0) is 12.5. The Hall–Kier alpha value is -1.00. The third-order valence-electron chi connectivity index (χ3n) is 3.92. The Morgan fingerprint density at radius 3 is 2.61 bits per heavy atom. The van der Waals surface area contributed by atoms with Crippen LogP contribution in [0.2, 0.25) is 0 Å². The van der Waals surface area contributed by atoms with Crippen molar-refractivity contribution in [3.8, 4) is 0 Å². The molecule has 0 amide bonds. The van der Waals surface area contributed by atoms with Crippen LogP contribution in [0.3, 0.4) is 0 Å². The average Bonchev–Trinajstić information content (AvgIpc) is 3.19. The van der Waals surface area contributed by atoms with Gasteiger partial charge in [-0.2, -0.15) is 0 Å². The van der Waals surface area contributed by atoms with Gasteiger partial charge in [0.05, 0.1) is 0 Å². The van der Waals surface area contributed by atoms with E-state index in [0.29, 0.717) is 12.6 Å². The van der Waals surface area contributed by atoms with Gasteiger partial charge in [-0.05, 0) is 30.9 Å². The van der Waals surface area contributed by atoms with E-state index in [4.69, 9.17) is 0 Å². The molecule has 0 aromatic heterocycles. The maximum Gasteiger partial charge on any atom is 0.130 e. The van der Waals surface area contributed by atoms with Gasteiger partial charge in [-0.25, -0.2) is 8.78 Å². The van der Waals surface area contributed by atoms with Gasteiger partial charge >= 0.3 is 0 Å². The normalized spacial score (nSPS) is 25.3. The predicted octanol–water partition coefficient (Wildman–Crippen LogP) is 2.15. The molecule has 1 aliphatic carbocycles. The highest BCUT2D eigenvalue weighted by atomic mass is 19.1. The number of benzene rings is 1. The summed E-state index contributed by atoms with van der Waals surface area (Å²) < 4.78 is 27.2. The zero-order valence-corrected chi connectivity index (χ0v) is 10.3. The smallest absolute Gasteiger partial charge is 0.130 e. The maximum absolute atomic E-state index is 13.6. The topological polar surface area (TPSA) is 15.3 Å². The molecule has 1 N–H and O–H groups in total. The first kappa shape index (κ1) is 12.1. The van der Waals surface area contributed by atoms with E-state index in [2.05, 4.69) is 10.2 Å². The molecule has 1 unspecified atom stereocenters. The molecule has 0 radical (unpaired) electrons. The number of halogens is 2. The Labute approximate surface area is 106 Å². The van der Waals surface area contributed by atoms with E-state index >= 15 is 0 Å². The van der Waals surface area contributed by atoms with E-state index in [1.54, 1.807) is 0 Å². The second-order valence-electron chi connectivity index (χ2n) is 5.33. The molecule has 1 aromatic carbocycles. The van der Waals surface area contributed by atoms with Crippen molar-refractivity contribution in [3.63, 3.8) is 0 Å². The first-order valence-electron chi connectivity index (χ1n) is 6.62. The summed E-state index contributed by atoms with van der Waals surface area (Å²) in [5.41, 5.74) is 0.203. The van der Waals surface area contributed by atoms with E-state index < -0.39 is 11.6 Å². The van der Waals surface area contributed by atoms with Crippen molar-refractivity contribution in [2.45, 2.75) is 25.4 Å². The summed E-state index contributed by atoms with van der Waals surface area (Å²) in [4.78, 5) is 2.15.